The van der Waals surface area contributed by atoms with Crippen LogP contribution in [0.3, 0.4) is 0 Å². The number of nitrogens with one attached hydrogen (secondary N) is 1. The van der Waals surface area contributed by atoms with Crippen molar-refractivity contribution in [3.8, 4) is 5.75 Å². The third-order valence-electron chi connectivity index (χ3n) is 5.34. The van der Waals surface area contributed by atoms with E-state index in [0.717, 1.165) is 6.92 Å². The second-order valence-electron chi connectivity index (χ2n) is 8.82. The third kappa shape index (κ3) is 6.70. The van der Waals surface area contributed by atoms with Crippen LogP contribution in [0.2, 0.25) is 0 Å². The number of nitrogens with zero attached hydrogens (tertiary/aromatic N) is 2. The number of hydrogen-bond acceptors (Lipinski definition) is 10. The largest absolute Gasteiger partial charge is 0.462 e. The Balaban J connectivity index is 1.81. The van der Waals surface area contributed by atoms with Crippen molar-refractivity contribution < 1.29 is 41.8 Å². The monoisotopic (exact) mass is 546 g/mol. The molecule has 6 atom stereocenters. The van der Waals surface area contributed by atoms with Crippen LogP contribution in [0.5, 0.6) is 5.75 Å². The van der Waals surface area contributed by atoms with Gasteiger partial charge in [-0.25, -0.2) is 18.1 Å². The zero-order valence-electron chi connectivity index (χ0n) is 20.5. The SMILES string of the molecule is CC(C)OC(=O)[C@H](C)NP(=O)(OC[C@H]1O[C@@H](n2cc(F)c(N)nc2=O)C(C)(F)[C@H]1O)Oc1ccccc1. The van der Waals surface area contributed by atoms with Gasteiger partial charge in [0.05, 0.1) is 18.9 Å². The number of hydrogen-bond donors (Lipinski definition) is 3. The maximum absolute atomic E-state index is 15.5. The molecule has 2 unspecified atom stereocenters. The van der Waals surface area contributed by atoms with Crippen LogP contribution in [0.15, 0.2) is 41.3 Å². The molecule has 1 aromatic heterocycles. The summed E-state index contributed by atoms with van der Waals surface area (Å²) in [5, 5.41) is 13.0. The van der Waals surface area contributed by atoms with E-state index in [1.807, 2.05) is 0 Å². The first-order chi connectivity index (χ1) is 17.2. The van der Waals surface area contributed by atoms with E-state index in [1.54, 1.807) is 32.0 Å². The predicted octanol–water partition coefficient (Wildman–Crippen LogP) is 2.08. The highest BCUT2D eigenvalue weighted by Crippen LogP contribution is 2.47. The Morgan fingerprint density at radius 2 is 2.00 bits per heavy atom. The number of aliphatic hydroxyl groups is 1. The Hall–Kier alpha value is -2.90. The summed E-state index contributed by atoms with van der Waals surface area (Å²) < 4.78 is 65.0. The number of aromatic nitrogens is 2. The fraction of sp³-hybridized carbons (Fsp3) is 0.500. The highest BCUT2D eigenvalue weighted by Gasteiger charge is 2.56. The molecule has 0 aliphatic carbocycles. The van der Waals surface area contributed by atoms with Crippen LogP contribution in [0.25, 0.3) is 0 Å². The van der Waals surface area contributed by atoms with E-state index < -0.39 is 73.9 Å². The lowest BCUT2D eigenvalue weighted by Gasteiger charge is -2.25. The molecule has 0 saturated carbocycles. The van der Waals surface area contributed by atoms with Crippen LogP contribution in [0.4, 0.5) is 14.6 Å². The minimum Gasteiger partial charge on any atom is -0.462 e. The third-order valence-corrected chi connectivity index (χ3v) is 6.98. The van der Waals surface area contributed by atoms with E-state index in [0.29, 0.717) is 10.8 Å². The van der Waals surface area contributed by atoms with Gasteiger partial charge in [-0.3, -0.25) is 13.9 Å². The fourth-order valence-electron chi connectivity index (χ4n) is 3.48. The van der Waals surface area contributed by atoms with Crippen molar-refractivity contribution >= 4 is 19.5 Å². The second-order valence-corrected chi connectivity index (χ2v) is 10.5. The molecule has 1 fully saturated rings. The molecular formula is C22H29F2N4O8P. The molecule has 15 heteroatoms. The number of carbonyl (C=O) groups is 1. The van der Waals surface area contributed by atoms with Crippen LogP contribution < -0.4 is 21.0 Å². The van der Waals surface area contributed by atoms with Gasteiger partial charge in [-0.1, -0.05) is 18.2 Å². The summed E-state index contributed by atoms with van der Waals surface area (Å²) in [4.78, 5) is 27.7. The van der Waals surface area contributed by atoms with Gasteiger partial charge >= 0.3 is 19.4 Å². The van der Waals surface area contributed by atoms with Crippen molar-refractivity contribution in [1.29, 1.82) is 0 Å². The number of aliphatic hydroxyl groups excluding tert-OH is 1. The fourth-order valence-corrected chi connectivity index (χ4v) is 4.98. The van der Waals surface area contributed by atoms with Gasteiger partial charge in [-0.15, -0.1) is 0 Å². The van der Waals surface area contributed by atoms with E-state index >= 15 is 4.39 Å². The number of para-hydroxylation sites is 1. The van der Waals surface area contributed by atoms with Gasteiger partial charge in [0.1, 0.15) is 24.0 Å². The van der Waals surface area contributed by atoms with Crippen molar-refractivity contribution in [3.05, 3.63) is 52.8 Å². The van der Waals surface area contributed by atoms with Gasteiger partial charge in [0.25, 0.3) is 0 Å². The Bertz CT molecular complexity index is 1210. The van der Waals surface area contributed by atoms with Crippen molar-refractivity contribution in [2.75, 3.05) is 12.3 Å². The van der Waals surface area contributed by atoms with Crippen molar-refractivity contribution in [3.63, 3.8) is 0 Å². The van der Waals surface area contributed by atoms with Gasteiger partial charge in [-0.05, 0) is 39.8 Å². The summed E-state index contributed by atoms with van der Waals surface area (Å²) in [6.45, 7) is 4.88. The van der Waals surface area contributed by atoms with Gasteiger partial charge in [-0.2, -0.15) is 10.1 Å². The zero-order chi connectivity index (χ0) is 27.5. The molecule has 0 spiro atoms. The van der Waals surface area contributed by atoms with Crippen LogP contribution >= 0.6 is 7.75 Å². The summed E-state index contributed by atoms with van der Waals surface area (Å²) in [6, 6.07) is 6.73. The molecule has 0 amide bonds. The molecule has 4 N–H and O–H groups in total. The van der Waals surface area contributed by atoms with E-state index in [-0.39, 0.29) is 5.75 Å². The molecule has 3 rings (SSSR count). The number of nitrogen functional groups attached to an aromatic ring is 1. The number of alkyl halides is 1. The first kappa shape index (κ1) is 28.7. The molecular weight excluding hydrogens is 517 g/mol. The average molecular weight is 546 g/mol. The second kappa shape index (κ2) is 11.2. The van der Waals surface area contributed by atoms with Crippen molar-refractivity contribution in [1.82, 2.24) is 14.6 Å². The summed E-state index contributed by atoms with van der Waals surface area (Å²) in [7, 11) is -4.35. The number of esters is 1. The highest BCUT2D eigenvalue weighted by atomic mass is 31.2. The Kier molecular flexibility index (Phi) is 8.70. The Labute approximate surface area is 211 Å². The first-order valence-corrected chi connectivity index (χ1v) is 12.8. The normalized spacial score (nSPS) is 26.0. The Morgan fingerprint density at radius 1 is 1.35 bits per heavy atom. The summed E-state index contributed by atoms with van der Waals surface area (Å²) >= 11 is 0. The van der Waals surface area contributed by atoms with Gasteiger partial charge in [0.2, 0.25) is 0 Å². The topological polar surface area (TPSA) is 164 Å². The summed E-state index contributed by atoms with van der Waals surface area (Å²) in [6.07, 6.45) is -5.04. The number of anilines is 1. The lowest BCUT2D eigenvalue weighted by atomic mass is 9.98. The molecule has 12 nitrogen and oxygen atoms in total. The Morgan fingerprint density at radius 3 is 2.62 bits per heavy atom. The van der Waals surface area contributed by atoms with E-state index in [2.05, 4.69) is 10.1 Å². The minimum absolute atomic E-state index is 0.124. The quantitative estimate of drug-likeness (QED) is 0.295. The lowest BCUT2D eigenvalue weighted by molar-refractivity contribution is -0.149. The van der Waals surface area contributed by atoms with E-state index in [4.69, 9.17) is 24.3 Å². The minimum atomic E-state index is -4.35. The smallest absolute Gasteiger partial charge is 0.459 e. The number of ether oxygens (including phenoxy) is 2. The molecule has 1 aromatic carbocycles. The standard InChI is InChI=1S/C22H29F2N4O8P/c1-12(2)34-19(30)13(3)27-37(32,36-14-8-6-5-7-9-14)33-11-16-17(29)22(4,24)20(35-16)28-10-15(23)18(25)26-21(28)31/h5-10,12-13,16-17,20,29H,11H2,1-4H3,(H,27,32)(H2,25,26,31)/t13-,16+,17-,20+,22?,37?/m0/s1. The average Bonchev–Trinajstić information content (AvgIpc) is 3.03. The first-order valence-electron chi connectivity index (χ1n) is 11.3. The number of rotatable bonds is 10. The number of carbonyl (C=O) groups excluding carboxylic acids is 1. The number of benzene rings is 1. The molecule has 1 saturated heterocycles. The molecule has 0 radical (unpaired) electrons. The zero-order valence-corrected chi connectivity index (χ0v) is 21.4. The van der Waals surface area contributed by atoms with Crippen LogP contribution in [0, 0.1) is 5.82 Å². The summed E-state index contributed by atoms with van der Waals surface area (Å²) in [5.74, 6) is -2.39. The highest BCUT2D eigenvalue weighted by molar-refractivity contribution is 7.52. The van der Waals surface area contributed by atoms with Crippen LogP contribution in [0.1, 0.15) is 33.9 Å². The van der Waals surface area contributed by atoms with Gasteiger partial charge in [0, 0.05) is 0 Å². The number of halogens is 2. The molecule has 204 valence electrons. The maximum atomic E-state index is 15.5. The molecule has 2 heterocycles. The van der Waals surface area contributed by atoms with Crippen molar-refractivity contribution in [2.45, 2.75) is 63.9 Å². The summed E-state index contributed by atoms with van der Waals surface area (Å²) in [5.41, 5.74) is 1.54. The molecule has 2 aromatic rings. The van der Waals surface area contributed by atoms with Crippen molar-refractivity contribution in [2.24, 2.45) is 0 Å². The van der Waals surface area contributed by atoms with Gasteiger partial charge < -0.3 is 24.8 Å². The predicted molar refractivity (Wildman–Crippen MR) is 127 cm³/mol. The molecule has 1 aliphatic rings. The lowest BCUT2D eigenvalue weighted by Crippen LogP contribution is -2.43. The maximum Gasteiger partial charge on any atom is 0.459 e. The molecule has 0 bridgehead atoms. The van der Waals surface area contributed by atoms with Crippen LogP contribution in [-0.4, -0.2) is 57.3 Å². The van der Waals surface area contributed by atoms with Gasteiger partial charge in [0.15, 0.2) is 23.5 Å². The number of nitrogens with two attached hydrogens (primary N) is 1. The van der Waals surface area contributed by atoms with Crippen LogP contribution in [-0.2, 0) is 23.4 Å². The molecule has 37 heavy (non-hydrogen) atoms. The van der Waals surface area contributed by atoms with E-state index in [1.165, 1.54) is 19.1 Å². The molecule has 1 aliphatic heterocycles. The van der Waals surface area contributed by atoms with E-state index in [9.17, 15) is 23.7 Å².